The highest BCUT2D eigenvalue weighted by atomic mass is 19.1. The number of nitrogens with zero attached hydrogens (tertiary/aromatic N) is 2. The van der Waals surface area contributed by atoms with Crippen LogP contribution in [0.1, 0.15) is 30.4 Å². The van der Waals surface area contributed by atoms with Gasteiger partial charge in [0.05, 0.1) is 13.0 Å². The second kappa shape index (κ2) is 8.86. The number of halogens is 1. The van der Waals surface area contributed by atoms with E-state index >= 15 is 0 Å². The average molecular weight is 410 g/mol. The minimum atomic E-state index is -0.256. The first-order chi connectivity index (χ1) is 14.5. The number of carbonyl (C=O) groups is 2. The van der Waals surface area contributed by atoms with Crippen LogP contribution in [0.5, 0.6) is 5.75 Å². The molecule has 1 saturated carbocycles. The molecule has 2 aliphatic rings. The van der Waals surface area contributed by atoms with Crippen molar-refractivity contribution in [1.82, 2.24) is 9.80 Å². The molecule has 2 unspecified atom stereocenters. The Kier molecular flexibility index (Phi) is 6.02. The van der Waals surface area contributed by atoms with Gasteiger partial charge in [0.15, 0.2) is 0 Å². The van der Waals surface area contributed by atoms with Crippen molar-refractivity contribution in [3.63, 3.8) is 0 Å². The molecule has 0 aromatic heterocycles. The van der Waals surface area contributed by atoms with Gasteiger partial charge in [0.25, 0.3) is 0 Å². The number of hydrogen-bond acceptors (Lipinski definition) is 3. The van der Waals surface area contributed by atoms with Gasteiger partial charge in [0, 0.05) is 32.1 Å². The van der Waals surface area contributed by atoms with Gasteiger partial charge in [-0.2, -0.15) is 0 Å². The van der Waals surface area contributed by atoms with Crippen molar-refractivity contribution in [2.45, 2.75) is 25.7 Å². The SMILES string of the molecule is CCOc1ccc(CC(=O)N2CCN(C(=O)C3CC3c3ccc(F)cc3)CC2)cc1. The first-order valence-corrected chi connectivity index (χ1v) is 10.6. The first kappa shape index (κ1) is 20.4. The molecule has 2 aromatic rings. The maximum atomic E-state index is 13.1. The van der Waals surface area contributed by atoms with Crippen molar-refractivity contribution >= 4 is 11.8 Å². The highest BCUT2D eigenvalue weighted by molar-refractivity contribution is 5.84. The van der Waals surface area contributed by atoms with E-state index in [2.05, 4.69) is 0 Å². The molecule has 0 N–H and O–H groups in total. The first-order valence-electron chi connectivity index (χ1n) is 10.6. The highest BCUT2D eigenvalue weighted by Crippen LogP contribution is 2.48. The summed E-state index contributed by atoms with van der Waals surface area (Å²) in [5, 5.41) is 0. The van der Waals surface area contributed by atoms with Crippen LogP contribution in [0.2, 0.25) is 0 Å². The van der Waals surface area contributed by atoms with Gasteiger partial charge in [-0.1, -0.05) is 24.3 Å². The molecule has 0 spiro atoms. The molecule has 1 heterocycles. The molecule has 2 aromatic carbocycles. The number of piperazine rings is 1. The second-order valence-electron chi connectivity index (χ2n) is 7.96. The standard InChI is InChI=1S/C24H27FN2O3/c1-2-30-20-9-3-17(4-10-20)15-23(28)26-11-13-27(14-12-26)24(29)22-16-21(22)18-5-7-19(25)8-6-18/h3-10,21-22H,2,11-16H2,1H3. The lowest BCUT2D eigenvalue weighted by molar-refractivity contribution is -0.140. The molecular weight excluding hydrogens is 383 g/mol. The number of rotatable bonds is 6. The number of benzene rings is 2. The minimum Gasteiger partial charge on any atom is -0.494 e. The molecule has 4 rings (SSSR count). The second-order valence-corrected chi connectivity index (χ2v) is 7.96. The van der Waals surface area contributed by atoms with Gasteiger partial charge >= 0.3 is 0 Å². The van der Waals surface area contributed by atoms with Crippen LogP contribution in [0.4, 0.5) is 4.39 Å². The normalized spacial score (nSPS) is 20.7. The summed E-state index contributed by atoms with van der Waals surface area (Å²) in [6, 6.07) is 14.0. The Morgan fingerprint density at radius 1 is 0.967 bits per heavy atom. The Balaban J connectivity index is 1.25. The summed E-state index contributed by atoms with van der Waals surface area (Å²) >= 11 is 0. The van der Waals surface area contributed by atoms with Crippen LogP contribution in [-0.2, 0) is 16.0 Å². The fourth-order valence-electron chi connectivity index (χ4n) is 4.11. The van der Waals surface area contributed by atoms with Gasteiger partial charge in [-0.15, -0.1) is 0 Å². The molecule has 6 heteroatoms. The zero-order chi connectivity index (χ0) is 21.1. The van der Waals surface area contributed by atoms with Crippen LogP contribution in [0.15, 0.2) is 48.5 Å². The monoisotopic (exact) mass is 410 g/mol. The van der Waals surface area contributed by atoms with Crippen molar-refractivity contribution in [3.05, 3.63) is 65.5 Å². The third kappa shape index (κ3) is 4.64. The number of amides is 2. The molecule has 5 nitrogen and oxygen atoms in total. The van der Waals surface area contributed by atoms with Gasteiger partial charge in [0.1, 0.15) is 11.6 Å². The van der Waals surface area contributed by atoms with E-state index in [9.17, 15) is 14.0 Å². The van der Waals surface area contributed by atoms with E-state index in [-0.39, 0.29) is 29.5 Å². The van der Waals surface area contributed by atoms with Gasteiger partial charge in [0.2, 0.25) is 11.8 Å². The lowest BCUT2D eigenvalue weighted by atomic mass is 10.1. The Morgan fingerprint density at radius 3 is 2.23 bits per heavy atom. The third-order valence-electron chi connectivity index (χ3n) is 5.94. The summed E-state index contributed by atoms with van der Waals surface area (Å²) < 4.78 is 18.5. The molecule has 0 bridgehead atoms. The van der Waals surface area contributed by atoms with E-state index in [1.54, 1.807) is 12.1 Å². The van der Waals surface area contributed by atoms with Crippen LogP contribution in [-0.4, -0.2) is 54.4 Å². The predicted octanol–water partition coefficient (Wildman–Crippen LogP) is 3.24. The summed E-state index contributed by atoms with van der Waals surface area (Å²) in [6.07, 6.45) is 1.18. The Morgan fingerprint density at radius 2 is 1.60 bits per heavy atom. The molecule has 1 aliphatic heterocycles. The molecule has 1 saturated heterocycles. The largest absolute Gasteiger partial charge is 0.494 e. The zero-order valence-electron chi connectivity index (χ0n) is 17.2. The van der Waals surface area contributed by atoms with Crippen LogP contribution in [0, 0.1) is 11.7 Å². The van der Waals surface area contributed by atoms with E-state index in [0.29, 0.717) is 39.2 Å². The summed E-state index contributed by atoms with van der Waals surface area (Å²) in [7, 11) is 0. The van der Waals surface area contributed by atoms with Crippen LogP contribution >= 0.6 is 0 Å². The van der Waals surface area contributed by atoms with Crippen molar-refractivity contribution in [2.24, 2.45) is 5.92 Å². The molecule has 2 fully saturated rings. The van der Waals surface area contributed by atoms with Gasteiger partial charge in [-0.25, -0.2) is 4.39 Å². The van der Waals surface area contributed by atoms with E-state index in [1.807, 2.05) is 41.0 Å². The molecule has 158 valence electrons. The van der Waals surface area contributed by atoms with E-state index < -0.39 is 0 Å². The lowest BCUT2D eigenvalue weighted by Gasteiger charge is -2.35. The summed E-state index contributed by atoms with van der Waals surface area (Å²) in [6.45, 7) is 4.83. The number of carbonyl (C=O) groups excluding carboxylic acids is 2. The van der Waals surface area contributed by atoms with Crippen molar-refractivity contribution in [2.75, 3.05) is 32.8 Å². The Labute approximate surface area is 176 Å². The van der Waals surface area contributed by atoms with Crippen molar-refractivity contribution in [1.29, 1.82) is 0 Å². The van der Waals surface area contributed by atoms with E-state index in [4.69, 9.17) is 4.74 Å². The van der Waals surface area contributed by atoms with E-state index in [1.165, 1.54) is 12.1 Å². The van der Waals surface area contributed by atoms with Crippen molar-refractivity contribution in [3.8, 4) is 5.75 Å². The molecule has 1 aliphatic carbocycles. The molecule has 0 radical (unpaired) electrons. The highest BCUT2D eigenvalue weighted by Gasteiger charge is 2.46. The van der Waals surface area contributed by atoms with Gasteiger partial charge < -0.3 is 14.5 Å². The van der Waals surface area contributed by atoms with Crippen LogP contribution in [0.25, 0.3) is 0 Å². The quantitative estimate of drug-likeness (QED) is 0.735. The van der Waals surface area contributed by atoms with Gasteiger partial charge in [-0.3, -0.25) is 9.59 Å². The lowest BCUT2D eigenvalue weighted by Crippen LogP contribution is -2.51. The maximum absolute atomic E-state index is 13.1. The molecular formula is C24H27FN2O3. The Bertz CT molecular complexity index is 890. The van der Waals surface area contributed by atoms with Crippen LogP contribution < -0.4 is 4.74 Å². The molecule has 2 atom stereocenters. The molecule has 2 amide bonds. The summed E-state index contributed by atoms with van der Waals surface area (Å²) in [4.78, 5) is 29.1. The average Bonchev–Trinajstić information content (AvgIpc) is 3.56. The number of hydrogen-bond donors (Lipinski definition) is 0. The summed E-state index contributed by atoms with van der Waals surface area (Å²) in [5.74, 6) is 0.969. The Hall–Kier alpha value is -2.89. The zero-order valence-corrected chi connectivity index (χ0v) is 17.2. The minimum absolute atomic E-state index is 0.0124. The van der Waals surface area contributed by atoms with Gasteiger partial charge in [-0.05, 0) is 54.7 Å². The van der Waals surface area contributed by atoms with Crippen LogP contribution in [0.3, 0.4) is 0 Å². The van der Waals surface area contributed by atoms with Crippen molar-refractivity contribution < 1.29 is 18.7 Å². The fourth-order valence-corrected chi connectivity index (χ4v) is 4.11. The number of ether oxygens (including phenoxy) is 1. The topological polar surface area (TPSA) is 49.9 Å². The van der Waals surface area contributed by atoms with E-state index in [0.717, 1.165) is 23.3 Å². The fraction of sp³-hybridized carbons (Fsp3) is 0.417. The smallest absolute Gasteiger partial charge is 0.227 e. The summed E-state index contributed by atoms with van der Waals surface area (Å²) in [5.41, 5.74) is 1.99. The maximum Gasteiger partial charge on any atom is 0.227 e. The third-order valence-corrected chi connectivity index (χ3v) is 5.94. The molecule has 30 heavy (non-hydrogen) atoms. The predicted molar refractivity (Wildman–Crippen MR) is 112 cm³/mol.